The molecule has 3 heterocycles. The van der Waals surface area contributed by atoms with Crippen LogP contribution in [0, 0.1) is 0 Å². The van der Waals surface area contributed by atoms with Crippen molar-refractivity contribution in [2.24, 2.45) is 5.73 Å². The van der Waals surface area contributed by atoms with Crippen LogP contribution in [0.5, 0.6) is 11.6 Å². The van der Waals surface area contributed by atoms with Gasteiger partial charge >= 0.3 is 6.03 Å². The van der Waals surface area contributed by atoms with E-state index in [1.165, 1.54) is 10.9 Å². The molecule has 1 amide bonds. The van der Waals surface area contributed by atoms with Crippen LogP contribution in [0.2, 0.25) is 0 Å². The summed E-state index contributed by atoms with van der Waals surface area (Å²) in [7, 11) is 0. The normalized spacial score (nSPS) is 13.7. The summed E-state index contributed by atoms with van der Waals surface area (Å²) in [5.74, 6) is 1.25. The predicted octanol–water partition coefficient (Wildman–Crippen LogP) is 1.80. The molecule has 0 saturated heterocycles. The Balaban J connectivity index is 1.70. The van der Waals surface area contributed by atoms with Gasteiger partial charge in [0, 0.05) is 23.7 Å². The molecule has 0 atom stereocenters. The molecule has 0 aliphatic carbocycles. The Hall–Kier alpha value is -2.93. The number of fused-ring (bicyclic) bond motifs is 2. The minimum Gasteiger partial charge on any atom is -0.439 e. The average molecular weight is 309 g/mol. The van der Waals surface area contributed by atoms with Crippen LogP contribution in [0.3, 0.4) is 0 Å². The molecule has 0 fully saturated rings. The van der Waals surface area contributed by atoms with Crippen molar-refractivity contribution in [3.63, 3.8) is 0 Å². The van der Waals surface area contributed by atoms with E-state index in [-0.39, 0.29) is 0 Å². The zero-order valence-electron chi connectivity index (χ0n) is 12.3. The van der Waals surface area contributed by atoms with Crippen LogP contribution in [0.25, 0.3) is 10.9 Å². The molecule has 23 heavy (non-hydrogen) atoms. The van der Waals surface area contributed by atoms with Gasteiger partial charge in [0.15, 0.2) is 0 Å². The van der Waals surface area contributed by atoms with Crippen molar-refractivity contribution in [1.82, 2.24) is 19.9 Å². The van der Waals surface area contributed by atoms with Gasteiger partial charge in [-0.05, 0) is 37.2 Å². The maximum atomic E-state index is 11.3. The molecular formula is C16H15N5O2. The molecule has 4 rings (SSSR count). The number of nitrogens with one attached hydrogen (secondary N) is 1. The number of primary amides is 1. The van der Waals surface area contributed by atoms with E-state index in [9.17, 15) is 4.79 Å². The molecule has 1 aromatic carbocycles. The molecular weight excluding hydrogens is 294 g/mol. The molecule has 116 valence electrons. The van der Waals surface area contributed by atoms with Gasteiger partial charge in [-0.15, -0.1) is 0 Å². The lowest BCUT2D eigenvalue weighted by atomic mass is 10.1. The fourth-order valence-electron chi connectivity index (χ4n) is 2.83. The second-order valence-corrected chi connectivity index (χ2v) is 5.38. The number of hydrogen-bond acceptors (Lipinski definition) is 5. The zero-order chi connectivity index (χ0) is 15.8. The molecule has 3 aromatic rings. The summed E-state index contributed by atoms with van der Waals surface area (Å²) < 4.78 is 7.35. The van der Waals surface area contributed by atoms with Crippen LogP contribution in [0.15, 0.2) is 36.8 Å². The Morgan fingerprint density at radius 3 is 3.09 bits per heavy atom. The van der Waals surface area contributed by atoms with Gasteiger partial charge in [0.1, 0.15) is 12.1 Å². The average Bonchev–Trinajstić information content (AvgIpc) is 2.99. The molecule has 0 spiro atoms. The molecule has 0 unspecified atom stereocenters. The molecule has 7 heteroatoms. The fraction of sp³-hybridized carbons (Fsp3) is 0.188. The van der Waals surface area contributed by atoms with Crippen molar-refractivity contribution >= 4 is 16.9 Å². The summed E-state index contributed by atoms with van der Waals surface area (Å²) in [4.78, 5) is 19.9. The van der Waals surface area contributed by atoms with E-state index in [1.54, 1.807) is 12.3 Å². The lowest BCUT2D eigenvalue weighted by Crippen LogP contribution is -2.25. The SMILES string of the molecule is NC(=O)n1ccc2cc(Oc3ncnc4c3CCNC4)ccc21. The lowest BCUT2D eigenvalue weighted by Gasteiger charge is -2.18. The van der Waals surface area contributed by atoms with Gasteiger partial charge in [0.25, 0.3) is 0 Å². The van der Waals surface area contributed by atoms with E-state index >= 15 is 0 Å². The minimum absolute atomic E-state index is 0.508. The molecule has 0 saturated carbocycles. The number of ether oxygens (including phenoxy) is 1. The lowest BCUT2D eigenvalue weighted by molar-refractivity contribution is 0.251. The Morgan fingerprint density at radius 1 is 1.30 bits per heavy atom. The highest BCUT2D eigenvalue weighted by Crippen LogP contribution is 2.29. The van der Waals surface area contributed by atoms with Crippen LogP contribution in [-0.2, 0) is 13.0 Å². The smallest absolute Gasteiger partial charge is 0.323 e. The summed E-state index contributed by atoms with van der Waals surface area (Å²) in [5, 5.41) is 4.16. The van der Waals surface area contributed by atoms with Crippen molar-refractivity contribution in [3.8, 4) is 11.6 Å². The molecule has 1 aliphatic rings. The third-order valence-electron chi connectivity index (χ3n) is 3.95. The van der Waals surface area contributed by atoms with Gasteiger partial charge in [-0.1, -0.05) is 0 Å². The number of benzene rings is 1. The van der Waals surface area contributed by atoms with Crippen LogP contribution in [0.1, 0.15) is 11.3 Å². The van der Waals surface area contributed by atoms with Crippen LogP contribution in [0.4, 0.5) is 4.79 Å². The fourth-order valence-corrected chi connectivity index (χ4v) is 2.83. The van der Waals surface area contributed by atoms with Crippen LogP contribution < -0.4 is 15.8 Å². The first-order valence-electron chi connectivity index (χ1n) is 7.34. The Bertz CT molecular complexity index is 903. The number of nitrogens with zero attached hydrogens (tertiary/aromatic N) is 3. The van der Waals surface area contributed by atoms with Gasteiger partial charge in [0.2, 0.25) is 5.88 Å². The van der Waals surface area contributed by atoms with E-state index in [4.69, 9.17) is 10.5 Å². The topological polar surface area (TPSA) is 95.1 Å². The molecule has 3 N–H and O–H groups in total. The van der Waals surface area contributed by atoms with Crippen molar-refractivity contribution in [2.45, 2.75) is 13.0 Å². The number of aromatic nitrogens is 3. The first-order valence-corrected chi connectivity index (χ1v) is 7.34. The number of hydrogen-bond donors (Lipinski definition) is 2. The third kappa shape index (κ3) is 2.40. The molecule has 0 bridgehead atoms. The van der Waals surface area contributed by atoms with Crippen molar-refractivity contribution in [2.75, 3.05) is 6.54 Å². The summed E-state index contributed by atoms with van der Waals surface area (Å²) in [5.41, 5.74) is 8.10. The van der Waals surface area contributed by atoms with E-state index in [0.717, 1.165) is 41.7 Å². The molecule has 7 nitrogen and oxygen atoms in total. The summed E-state index contributed by atoms with van der Waals surface area (Å²) >= 11 is 0. The summed E-state index contributed by atoms with van der Waals surface area (Å²) in [6.07, 6.45) is 4.00. The van der Waals surface area contributed by atoms with Gasteiger partial charge in [0.05, 0.1) is 11.2 Å². The number of nitrogens with two attached hydrogens (primary N) is 1. The van der Waals surface area contributed by atoms with Gasteiger partial charge in [-0.2, -0.15) is 0 Å². The maximum absolute atomic E-state index is 11.3. The quantitative estimate of drug-likeness (QED) is 0.752. The van der Waals surface area contributed by atoms with E-state index in [0.29, 0.717) is 11.6 Å². The number of carbonyl (C=O) groups is 1. The summed E-state index contributed by atoms with van der Waals surface area (Å²) in [6, 6.07) is 6.80. The maximum Gasteiger partial charge on any atom is 0.323 e. The van der Waals surface area contributed by atoms with Crippen LogP contribution >= 0.6 is 0 Å². The molecule has 2 aromatic heterocycles. The van der Waals surface area contributed by atoms with Crippen molar-refractivity contribution in [3.05, 3.63) is 48.0 Å². The molecule has 0 radical (unpaired) electrons. The minimum atomic E-state index is -0.508. The van der Waals surface area contributed by atoms with Crippen molar-refractivity contribution in [1.29, 1.82) is 0 Å². The van der Waals surface area contributed by atoms with E-state index in [2.05, 4.69) is 15.3 Å². The van der Waals surface area contributed by atoms with Gasteiger partial charge < -0.3 is 15.8 Å². The Labute approximate surface area is 132 Å². The highest BCUT2D eigenvalue weighted by molar-refractivity contribution is 5.91. The Kier molecular flexibility index (Phi) is 3.20. The third-order valence-corrected chi connectivity index (χ3v) is 3.95. The number of rotatable bonds is 2. The second kappa shape index (κ2) is 5.36. The van der Waals surface area contributed by atoms with Crippen molar-refractivity contribution < 1.29 is 9.53 Å². The monoisotopic (exact) mass is 309 g/mol. The van der Waals surface area contributed by atoms with Gasteiger partial charge in [-0.3, -0.25) is 4.57 Å². The van der Waals surface area contributed by atoms with Gasteiger partial charge in [-0.25, -0.2) is 14.8 Å². The van der Waals surface area contributed by atoms with E-state index in [1.807, 2.05) is 18.2 Å². The number of amides is 1. The first-order chi connectivity index (χ1) is 11.2. The highest BCUT2D eigenvalue weighted by atomic mass is 16.5. The molecule has 1 aliphatic heterocycles. The Morgan fingerprint density at radius 2 is 2.22 bits per heavy atom. The highest BCUT2D eigenvalue weighted by Gasteiger charge is 2.17. The summed E-state index contributed by atoms with van der Waals surface area (Å²) in [6.45, 7) is 1.62. The standard InChI is InChI=1S/C16H15N5O2/c17-16(22)21-6-4-10-7-11(1-2-14(10)21)23-15-12-3-5-18-8-13(12)19-9-20-15/h1-2,4,6-7,9,18H,3,5,8H2,(H2,17,22). The first kappa shape index (κ1) is 13.7. The largest absolute Gasteiger partial charge is 0.439 e. The van der Waals surface area contributed by atoms with E-state index < -0.39 is 6.03 Å². The van der Waals surface area contributed by atoms with Crippen LogP contribution in [-0.4, -0.2) is 27.1 Å². The number of carbonyl (C=O) groups excluding carboxylic acids is 1. The predicted molar refractivity (Wildman–Crippen MR) is 84.4 cm³/mol. The zero-order valence-corrected chi connectivity index (χ0v) is 12.3. The second-order valence-electron chi connectivity index (χ2n) is 5.38.